The fourth-order valence-electron chi connectivity index (χ4n) is 2.23. The van der Waals surface area contributed by atoms with E-state index in [4.69, 9.17) is 5.73 Å². The van der Waals surface area contributed by atoms with Gasteiger partial charge in [-0.3, -0.25) is 4.90 Å². The topological polar surface area (TPSA) is 29.3 Å². The van der Waals surface area contributed by atoms with Crippen molar-refractivity contribution < 1.29 is 0 Å². The molecule has 1 aliphatic heterocycles. The quantitative estimate of drug-likeness (QED) is 0.809. The molecule has 1 aromatic rings. The van der Waals surface area contributed by atoms with E-state index in [1.54, 1.807) is 0 Å². The van der Waals surface area contributed by atoms with Crippen LogP contribution in [-0.4, -0.2) is 23.0 Å². The van der Waals surface area contributed by atoms with Crippen molar-refractivity contribution in [2.75, 3.05) is 6.54 Å². The predicted molar refractivity (Wildman–Crippen MR) is 61.4 cm³/mol. The molecule has 1 fully saturated rings. The van der Waals surface area contributed by atoms with E-state index < -0.39 is 0 Å². The Morgan fingerprint density at radius 1 is 1.64 bits per heavy atom. The summed E-state index contributed by atoms with van der Waals surface area (Å²) in [6, 6.07) is 4.66. The summed E-state index contributed by atoms with van der Waals surface area (Å²) >= 11 is 1.83. The lowest BCUT2D eigenvalue weighted by molar-refractivity contribution is 0.168. The minimum atomic E-state index is 0.267. The van der Waals surface area contributed by atoms with Crippen LogP contribution in [0.1, 0.15) is 25.1 Å². The second kappa shape index (κ2) is 3.65. The molecule has 0 radical (unpaired) electrons. The van der Waals surface area contributed by atoms with E-state index in [0.717, 1.165) is 19.5 Å². The molecule has 0 aliphatic carbocycles. The molecule has 2 heterocycles. The Labute approximate surface area is 89.7 Å². The summed E-state index contributed by atoms with van der Waals surface area (Å²) in [7, 11) is 0. The number of nitrogens with two attached hydrogens (primary N) is 1. The van der Waals surface area contributed by atoms with Crippen LogP contribution in [0.5, 0.6) is 0 Å². The summed E-state index contributed by atoms with van der Waals surface area (Å²) in [6.45, 7) is 6.66. The number of rotatable bonds is 2. The van der Waals surface area contributed by atoms with Crippen molar-refractivity contribution in [1.82, 2.24) is 4.90 Å². The fraction of sp³-hybridized carbons (Fsp3) is 0.636. The second-order valence-electron chi connectivity index (χ2n) is 4.74. The van der Waals surface area contributed by atoms with E-state index in [-0.39, 0.29) is 5.54 Å². The van der Waals surface area contributed by atoms with Gasteiger partial charge in [0, 0.05) is 29.5 Å². The Bertz CT molecular complexity index is 292. The van der Waals surface area contributed by atoms with Crippen LogP contribution in [-0.2, 0) is 6.54 Å². The molecule has 0 bridgehead atoms. The highest BCUT2D eigenvalue weighted by atomic mass is 32.1. The van der Waals surface area contributed by atoms with Crippen LogP contribution in [0.3, 0.4) is 0 Å². The summed E-state index contributed by atoms with van der Waals surface area (Å²) < 4.78 is 0. The number of nitrogens with zero attached hydrogens (tertiary/aromatic N) is 1. The van der Waals surface area contributed by atoms with Crippen LogP contribution >= 0.6 is 11.3 Å². The van der Waals surface area contributed by atoms with Crippen molar-refractivity contribution in [3.8, 4) is 0 Å². The maximum absolute atomic E-state index is 5.99. The Morgan fingerprint density at radius 2 is 2.43 bits per heavy atom. The molecule has 0 amide bonds. The van der Waals surface area contributed by atoms with Gasteiger partial charge in [0.05, 0.1) is 0 Å². The molecule has 2 N–H and O–H groups in total. The first-order valence-corrected chi connectivity index (χ1v) is 5.99. The van der Waals surface area contributed by atoms with Gasteiger partial charge in [0.1, 0.15) is 0 Å². The highest BCUT2D eigenvalue weighted by molar-refractivity contribution is 7.09. The predicted octanol–water partition coefficient (Wildman–Crippen LogP) is 2.06. The van der Waals surface area contributed by atoms with E-state index in [0.29, 0.717) is 6.04 Å². The summed E-state index contributed by atoms with van der Waals surface area (Å²) in [5, 5.41) is 2.14. The maximum Gasteiger partial charge on any atom is 0.0333 e. The van der Waals surface area contributed by atoms with Crippen molar-refractivity contribution in [1.29, 1.82) is 0 Å². The van der Waals surface area contributed by atoms with E-state index in [1.807, 2.05) is 11.3 Å². The number of thiophene rings is 1. The van der Waals surface area contributed by atoms with Gasteiger partial charge in [-0.1, -0.05) is 6.07 Å². The third kappa shape index (κ3) is 2.00. The summed E-state index contributed by atoms with van der Waals surface area (Å²) in [5.41, 5.74) is 6.26. The zero-order chi connectivity index (χ0) is 10.2. The number of hydrogen-bond donors (Lipinski definition) is 1. The van der Waals surface area contributed by atoms with Crippen LogP contribution in [0.2, 0.25) is 0 Å². The molecular formula is C11H18N2S. The zero-order valence-corrected chi connectivity index (χ0v) is 9.68. The molecule has 1 atom stereocenters. The van der Waals surface area contributed by atoms with Gasteiger partial charge >= 0.3 is 0 Å². The zero-order valence-electron chi connectivity index (χ0n) is 8.86. The summed E-state index contributed by atoms with van der Waals surface area (Å²) in [6.07, 6.45) is 1.11. The van der Waals surface area contributed by atoms with Crippen LogP contribution in [0, 0.1) is 0 Å². The highest BCUT2D eigenvalue weighted by Gasteiger charge is 2.36. The summed E-state index contributed by atoms with van der Waals surface area (Å²) in [4.78, 5) is 3.93. The Kier molecular flexibility index (Phi) is 2.64. The van der Waals surface area contributed by atoms with Gasteiger partial charge in [-0.15, -0.1) is 11.3 Å². The minimum Gasteiger partial charge on any atom is -0.326 e. The largest absolute Gasteiger partial charge is 0.326 e. The van der Waals surface area contributed by atoms with Gasteiger partial charge in [-0.2, -0.15) is 0 Å². The monoisotopic (exact) mass is 210 g/mol. The molecule has 0 spiro atoms. The normalized spacial score (nSPS) is 26.9. The molecule has 14 heavy (non-hydrogen) atoms. The molecule has 1 unspecified atom stereocenters. The van der Waals surface area contributed by atoms with Crippen molar-refractivity contribution in [3.63, 3.8) is 0 Å². The number of likely N-dealkylation sites (tertiary alicyclic amines) is 1. The van der Waals surface area contributed by atoms with Crippen LogP contribution in [0.25, 0.3) is 0 Å². The lowest BCUT2D eigenvalue weighted by atomic mass is 10.0. The van der Waals surface area contributed by atoms with E-state index in [2.05, 4.69) is 36.3 Å². The molecule has 2 rings (SSSR count). The van der Waals surface area contributed by atoms with E-state index in [9.17, 15) is 0 Å². The lowest BCUT2D eigenvalue weighted by Gasteiger charge is -2.30. The minimum absolute atomic E-state index is 0.267. The maximum atomic E-state index is 5.99. The lowest BCUT2D eigenvalue weighted by Crippen LogP contribution is -2.37. The Balaban J connectivity index is 2.05. The molecule has 3 heteroatoms. The fourth-order valence-corrected chi connectivity index (χ4v) is 2.95. The second-order valence-corrected chi connectivity index (χ2v) is 5.77. The Morgan fingerprint density at radius 3 is 2.93 bits per heavy atom. The third-order valence-corrected chi connectivity index (χ3v) is 3.86. The first-order valence-electron chi connectivity index (χ1n) is 5.11. The third-order valence-electron chi connectivity index (χ3n) is 3.00. The Hall–Kier alpha value is -0.380. The van der Waals surface area contributed by atoms with Crippen LogP contribution in [0.4, 0.5) is 0 Å². The van der Waals surface area contributed by atoms with Crippen LogP contribution in [0.15, 0.2) is 17.5 Å². The number of hydrogen-bond acceptors (Lipinski definition) is 3. The van der Waals surface area contributed by atoms with E-state index in [1.165, 1.54) is 4.88 Å². The molecular weight excluding hydrogens is 192 g/mol. The molecule has 2 nitrogen and oxygen atoms in total. The standard InChI is InChI=1S/C11H18N2S/c1-11(2)6-9(12)7-13(11)8-10-4-3-5-14-10/h3-5,9H,6-8,12H2,1-2H3. The van der Waals surface area contributed by atoms with Crippen molar-refractivity contribution in [2.24, 2.45) is 5.73 Å². The first-order chi connectivity index (χ1) is 6.58. The van der Waals surface area contributed by atoms with Crippen molar-refractivity contribution >= 4 is 11.3 Å². The smallest absolute Gasteiger partial charge is 0.0333 e. The van der Waals surface area contributed by atoms with Gasteiger partial charge in [-0.25, -0.2) is 0 Å². The van der Waals surface area contributed by atoms with Crippen molar-refractivity contribution in [2.45, 2.75) is 38.4 Å². The first kappa shape index (κ1) is 10.1. The highest BCUT2D eigenvalue weighted by Crippen LogP contribution is 2.29. The van der Waals surface area contributed by atoms with Crippen LogP contribution < -0.4 is 5.73 Å². The van der Waals surface area contributed by atoms with Crippen molar-refractivity contribution in [3.05, 3.63) is 22.4 Å². The molecule has 0 saturated carbocycles. The molecule has 78 valence electrons. The average Bonchev–Trinajstić information content (AvgIpc) is 2.61. The van der Waals surface area contributed by atoms with Gasteiger partial charge in [0.15, 0.2) is 0 Å². The molecule has 1 aromatic heterocycles. The average molecular weight is 210 g/mol. The molecule has 1 saturated heterocycles. The van der Waals surface area contributed by atoms with E-state index >= 15 is 0 Å². The van der Waals surface area contributed by atoms with Gasteiger partial charge in [0.25, 0.3) is 0 Å². The van der Waals surface area contributed by atoms with Gasteiger partial charge in [0.2, 0.25) is 0 Å². The van der Waals surface area contributed by atoms with Gasteiger partial charge < -0.3 is 5.73 Å². The molecule has 0 aromatic carbocycles. The molecule has 1 aliphatic rings. The van der Waals surface area contributed by atoms with Gasteiger partial charge in [-0.05, 0) is 31.7 Å². The summed E-state index contributed by atoms with van der Waals surface area (Å²) in [5.74, 6) is 0. The SMILES string of the molecule is CC1(C)CC(N)CN1Cc1cccs1.